The highest BCUT2D eigenvalue weighted by atomic mass is 35.5. The van der Waals surface area contributed by atoms with E-state index in [0.717, 1.165) is 22.5 Å². The number of thioether (sulfide) groups is 1. The molecule has 11 heteroatoms. The molecule has 0 bridgehead atoms. The Morgan fingerprint density at radius 3 is 2.29 bits per heavy atom. The number of halogens is 1. The van der Waals surface area contributed by atoms with E-state index in [-0.39, 0.29) is 29.1 Å². The molecule has 2 aliphatic rings. The van der Waals surface area contributed by atoms with Gasteiger partial charge in [-0.2, -0.15) is 0 Å². The Kier molecular flexibility index (Phi) is 7.23. The van der Waals surface area contributed by atoms with Gasteiger partial charge in [0.1, 0.15) is 17.5 Å². The number of aromatic nitrogens is 1. The number of nitrogens with zero attached hydrogens (tertiary/aromatic N) is 2. The van der Waals surface area contributed by atoms with Gasteiger partial charge in [0.2, 0.25) is 17.7 Å². The zero-order valence-electron chi connectivity index (χ0n) is 22.0. The van der Waals surface area contributed by atoms with Gasteiger partial charge in [0.25, 0.3) is 0 Å². The minimum Gasteiger partial charge on any atom is -0.497 e. The normalized spacial score (nSPS) is 19.6. The molecular weight excluding hydrogens is 582 g/mol. The van der Waals surface area contributed by atoms with Gasteiger partial charge in [-0.15, -0.1) is 0 Å². The predicted molar refractivity (Wildman–Crippen MR) is 160 cm³/mol. The Bertz CT molecular complexity index is 1720. The van der Waals surface area contributed by atoms with E-state index in [0.29, 0.717) is 32.1 Å². The summed E-state index contributed by atoms with van der Waals surface area (Å²) >= 11 is 8.23. The number of aryl methyl sites for hydroxylation is 1. The third kappa shape index (κ3) is 4.96. The van der Waals surface area contributed by atoms with Crippen molar-refractivity contribution in [3.8, 4) is 5.75 Å². The number of benzene rings is 3. The first-order valence-electron chi connectivity index (χ1n) is 12.8. The number of rotatable bonds is 6. The number of hydrogen-bond donors (Lipinski definition) is 1. The summed E-state index contributed by atoms with van der Waals surface area (Å²) in [6.07, 6.45) is 0. The molecule has 0 radical (unpaired) electrons. The molecule has 8 nitrogen and oxygen atoms in total. The second-order valence-corrected chi connectivity index (χ2v) is 12.4. The average Bonchev–Trinajstić information content (AvgIpc) is 3.41. The molecule has 3 aromatic carbocycles. The number of ether oxygens (including phenoxy) is 1. The molecule has 41 heavy (non-hydrogen) atoms. The number of amides is 3. The molecule has 3 atom stereocenters. The maximum absolute atomic E-state index is 13.9. The maximum atomic E-state index is 13.9. The summed E-state index contributed by atoms with van der Waals surface area (Å²) in [5, 5.41) is 3.08. The van der Waals surface area contributed by atoms with E-state index < -0.39 is 17.1 Å². The van der Waals surface area contributed by atoms with Crippen molar-refractivity contribution in [3.05, 3.63) is 103 Å². The van der Waals surface area contributed by atoms with Crippen LogP contribution in [0.25, 0.3) is 0 Å². The van der Waals surface area contributed by atoms with Crippen LogP contribution in [0.4, 0.5) is 11.4 Å². The molecule has 4 aromatic rings. The predicted octanol–water partition coefficient (Wildman–Crippen LogP) is 5.31. The second-order valence-electron chi connectivity index (χ2n) is 9.84. The summed E-state index contributed by atoms with van der Waals surface area (Å²) in [5.74, 6) is -1.73. The summed E-state index contributed by atoms with van der Waals surface area (Å²) in [6.45, 7) is 1.73. The van der Waals surface area contributed by atoms with E-state index in [9.17, 15) is 19.2 Å². The Balaban J connectivity index is 1.40. The monoisotopic (exact) mass is 605 g/mol. The van der Waals surface area contributed by atoms with Crippen LogP contribution in [0.2, 0.25) is 5.02 Å². The topological polar surface area (TPSA) is 97.7 Å². The molecule has 3 heterocycles. The van der Waals surface area contributed by atoms with Crippen molar-refractivity contribution in [1.82, 2.24) is 4.57 Å². The fourth-order valence-electron chi connectivity index (χ4n) is 5.25. The van der Waals surface area contributed by atoms with Crippen molar-refractivity contribution in [2.24, 2.45) is 5.92 Å². The van der Waals surface area contributed by atoms with Gasteiger partial charge in [-0.3, -0.25) is 23.7 Å². The molecule has 2 aliphatic heterocycles. The number of hydrogen-bond acceptors (Lipinski definition) is 7. The van der Waals surface area contributed by atoms with E-state index in [2.05, 4.69) is 5.32 Å². The summed E-state index contributed by atoms with van der Waals surface area (Å²) in [4.78, 5) is 55.6. The number of anilines is 2. The van der Waals surface area contributed by atoms with Crippen LogP contribution in [0.15, 0.2) is 82.6 Å². The van der Waals surface area contributed by atoms with Crippen LogP contribution in [-0.2, 0) is 20.9 Å². The van der Waals surface area contributed by atoms with Gasteiger partial charge in [0.15, 0.2) is 0 Å². The van der Waals surface area contributed by atoms with Crippen LogP contribution in [0, 0.1) is 12.8 Å². The highest BCUT2D eigenvalue weighted by Gasteiger charge is 2.56. The van der Waals surface area contributed by atoms with Gasteiger partial charge in [0, 0.05) is 21.5 Å². The molecule has 2 unspecified atom stereocenters. The number of thiazole rings is 1. The molecule has 208 valence electrons. The fourth-order valence-corrected chi connectivity index (χ4v) is 8.15. The number of nitrogens with one attached hydrogen (secondary N) is 1. The first-order chi connectivity index (χ1) is 19.7. The molecular formula is C30H24ClN3O5S2. The third-order valence-electron chi connectivity index (χ3n) is 7.25. The molecule has 0 aliphatic carbocycles. The number of carbonyl (C=O) groups excluding carboxylic acids is 3. The van der Waals surface area contributed by atoms with Crippen LogP contribution >= 0.6 is 34.7 Å². The van der Waals surface area contributed by atoms with E-state index in [1.165, 1.54) is 21.2 Å². The number of fused-ring (bicyclic) bond motifs is 2. The van der Waals surface area contributed by atoms with E-state index in [1.54, 1.807) is 55.6 Å². The van der Waals surface area contributed by atoms with Gasteiger partial charge < -0.3 is 10.1 Å². The minimum atomic E-state index is -0.779. The van der Waals surface area contributed by atoms with Crippen molar-refractivity contribution in [3.63, 3.8) is 0 Å². The number of imide groups is 1. The van der Waals surface area contributed by atoms with Gasteiger partial charge in [-0.1, -0.05) is 64.5 Å². The summed E-state index contributed by atoms with van der Waals surface area (Å²) in [7, 11) is 1.57. The molecule has 3 amide bonds. The Hall–Kier alpha value is -3.86. The second kappa shape index (κ2) is 10.8. The van der Waals surface area contributed by atoms with Gasteiger partial charge in [-0.05, 0) is 61.0 Å². The summed E-state index contributed by atoms with van der Waals surface area (Å²) in [5.41, 5.74) is 2.90. The largest absolute Gasteiger partial charge is 0.497 e. The maximum Gasteiger partial charge on any atom is 0.308 e. The van der Waals surface area contributed by atoms with E-state index in [1.807, 2.05) is 31.2 Å². The number of carbonyl (C=O) groups is 3. The van der Waals surface area contributed by atoms with Crippen LogP contribution in [0.3, 0.4) is 0 Å². The van der Waals surface area contributed by atoms with Gasteiger partial charge in [-0.25, -0.2) is 4.90 Å². The van der Waals surface area contributed by atoms with E-state index in [4.69, 9.17) is 16.3 Å². The fraction of sp³-hybridized carbons (Fsp3) is 0.200. The molecule has 0 saturated carbocycles. The van der Waals surface area contributed by atoms with Crippen molar-refractivity contribution in [2.45, 2.75) is 29.7 Å². The summed E-state index contributed by atoms with van der Waals surface area (Å²) in [6, 6.07) is 21.2. The minimum absolute atomic E-state index is 0.221. The van der Waals surface area contributed by atoms with Gasteiger partial charge in [0.05, 0.1) is 23.7 Å². The Morgan fingerprint density at radius 1 is 0.951 bits per heavy atom. The lowest BCUT2D eigenvalue weighted by molar-refractivity contribution is -0.122. The highest BCUT2D eigenvalue weighted by Crippen LogP contribution is 2.54. The summed E-state index contributed by atoms with van der Waals surface area (Å²) < 4.78 is 6.72. The smallest absolute Gasteiger partial charge is 0.308 e. The molecule has 1 fully saturated rings. The zero-order chi connectivity index (χ0) is 28.8. The quantitative estimate of drug-likeness (QED) is 0.299. The van der Waals surface area contributed by atoms with Crippen LogP contribution in [0.5, 0.6) is 5.75 Å². The first kappa shape index (κ1) is 27.3. The van der Waals surface area contributed by atoms with Crippen molar-refractivity contribution in [2.75, 3.05) is 17.3 Å². The molecule has 0 spiro atoms. The molecule has 6 rings (SSSR count). The van der Waals surface area contributed by atoms with Crippen molar-refractivity contribution >= 4 is 63.8 Å². The molecule has 1 aromatic heterocycles. The zero-order valence-corrected chi connectivity index (χ0v) is 24.4. The Morgan fingerprint density at radius 2 is 1.63 bits per heavy atom. The molecule has 1 N–H and O–H groups in total. The van der Waals surface area contributed by atoms with E-state index >= 15 is 0 Å². The first-order valence-corrected chi connectivity index (χ1v) is 14.9. The van der Waals surface area contributed by atoms with Crippen molar-refractivity contribution < 1.29 is 19.1 Å². The number of methoxy groups -OCH3 is 1. The highest BCUT2D eigenvalue weighted by molar-refractivity contribution is 8.00. The standard InChI is InChI=1S/C30H24ClN3O5S2/c1-16-3-9-19(10-4-16)32-22(35)15-33-29-26(41-30(33)38)23(17-5-13-21(39-2)14-6-17)24-25(40-29)28(37)34(27(24)36)20-11-7-18(31)8-12-20/h3-14,23-25H,15H2,1-2H3,(H,32,35)/t23-,24?,25?/m0/s1. The van der Waals surface area contributed by atoms with Crippen LogP contribution in [0.1, 0.15) is 21.9 Å². The van der Waals surface area contributed by atoms with Crippen LogP contribution < -0.4 is 19.8 Å². The van der Waals surface area contributed by atoms with Crippen LogP contribution in [-0.4, -0.2) is 34.6 Å². The van der Waals surface area contributed by atoms with Crippen molar-refractivity contribution in [1.29, 1.82) is 0 Å². The lowest BCUT2D eigenvalue weighted by atomic mass is 9.83. The third-order valence-corrected chi connectivity index (χ3v) is 10.1. The average molecular weight is 606 g/mol. The SMILES string of the molecule is COc1ccc([C@@H]2c3sc(=O)n(CC(=O)Nc4ccc(C)cc4)c3SC3C(=O)N(c4ccc(Cl)cc4)C(=O)C32)cc1. The Labute approximate surface area is 248 Å². The lowest BCUT2D eigenvalue weighted by Gasteiger charge is -2.30. The molecule has 1 saturated heterocycles. The lowest BCUT2D eigenvalue weighted by Crippen LogP contribution is -2.33. The van der Waals surface area contributed by atoms with Gasteiger partial charge >= 0.3 is 4.87 Å².